The molecule has 0 radical (unpaired) electrons. The Hall–Kier alpha value is -2.47. The van der Waals surface area contributed by atoms with E-state index in [2.05, 4.69) is 4.98 Å². The molecule has 0 unspecified atom stereocenters. The van der Waals surface area contributed by atoms with Gasteiger partial charge in [0.1, 0.15) is 11.7 Å². The molecule has 0 bridgehead atoms. The van der Waals surface area contributed by atoms with Gasteiger partial charge in [-0.15, -0.1) is 0 Å². The molecule has 1 atom stereocenters. The summed E-state index contributed by atoms with van der Waals surface area (Å²) < 4.78 is 25.5. The van der Waals surface area contributed by atoms with Crippen molar-refractivity contribution in [3.8, 4) is 5.88 Å². The monoisotopic (exact) mass is 370 g/mol. The van der Waals surface area contributed by atoms with Crippen LogP contribution in [0.1, 0.15) is 24.0 Å². The maximum atomic E-state index is 13.8. The molecular formula is C21H23FN2O3. The number of benzene rings is 1. The van der Waals surface area contributed by atoms with Gasteiger partial charge in [0.25, 0.3) is 5.88 Å². The Morgan fingerprint density at radius 2 is 2.15 bits per heavy atom. The van der Waals surface area contributed by atoms with Crippen LogP contribution in [0.2, 0.25) is 0 Å². The van der Waals surface area contributed by atoms with Gasteiger partial charge in [-0.1, -0.05) is 24.3 Å². The van der Waals surface area contributed by atoms with Gasteiger partial charge in [-0.25, -0.2) is 9.37 Å². The number of ether oxygens (including phenoxy) is 2. The molecule has 3 heterocycles. The summed E-state index contributed by atoms with van der Waals surface area (Å²) in [6.07, 6.45) is 3.09. The van der Waals surface area contributed by atoms with E-state index in [0.29, 0.717) is 39.0 Å². The number of aryl methyl sites for hydroxylation is 1. The number of halogens is 1. The lowest BCUT2D eigenvalue weighted by Gasteiger charge is -2.52. The van der Waals surface area contributed by atoms with E-state index in [9.17, 15) is 9.18 Å². The van der Waals surface area contributed by atoms with Crippen LogP contribution in [0, 0.1) is 12.7 Å². The molecule has 0 aliphatic carbocycles. The summed E-state index contributed by atoms with van der Waals surface area (Å²) in [4.78, 5) is 18.4. The average Bonchev–Trinajstić information content (AvgIpc) is 2.64. The number of carbonyl (C=O) groups excluding carboxylic acids is 1. The number of carbonyl (C=O) groups is 1. The van der Waals surface area contributed by atoms with Crippen LogP contribution in [0.4, 0.5) is 4.39 Å². The molecule has 27 heavy (non-hydrogen) atoms. The van der Waals surface area contributed by atoms with Crippen molar-refractivity contribution in [2.75, 3.05) is 19.7 Å². The lowest BCUT2D eigenvalue weighted by atomic mass is 9.84. The van der Waals surface area contributed by atoms with Gasteiger partial charge in [0.2, 0.25) is 5.91 Å². The normalized spacial score (nSPS) is 21.0. The molecule has 142 valence electrons. The van der Waals surface area contributed by atoms with Crippen molar-refractivity contribution < 1.29 is 18.7 Å². The fraction of sp³-hybridized carbons (Fsp3) is 0.429. The molecule has 6 heteroatoms. The minimum absolute atomic E-state index is 0.0337. The van der Waals surface area contributed by atoms with E-state index in [1.54, 1.807) is 0 Å². The maximum Gasteiger partial charge on any atom is 0.250 e. The van der Waals surface area contributed by atoms with Gasteiger partial charge in [0, 0.05) is 19.0 Å². The molecule has 1 aromatic carbocycles. The first-order valence-electron chi connectivity index (χ1n) is 9.28. The molecule has 1 amide bonds. The average molecular weight is 370 g/mol. The highest BCUT2D eigenvalue weighted by molar-refractivity contribution is 5.80. The first-order valence-corrected chi connectivity index (χ1v) is 9.28. The first kappa shape index (κ1) is 17.9. The van der Waals surface area contributed by atoms with E-state index in [1.165, 1.54) is 18.3 Å². The minimum Gasteiger partial charge on any atom is -0.472 e. The molecule has 2 aliphatic heterocycles. The fourth-order valence-corrected chi connectivity index (χ4v) is 3.83. The number of hydrogen-bond acceptors (Lipinski definition) is 4. The second-order valence-corrected chi connectivity index (χ2v) is 7.41. The van der Waals surface area contributed by atoms with Gasteiger partial charge < -0.3 is 14.4 Å². The number of aromatic nitrogens is 1. The van der Waals surface area contributed by atoms with E-state index < -0.39 is 5.82 Å². The predicted octanol–water partition coefficient (Wildman–Crippen LogP) is 2.91. The first-order chi connectivity index (χ1) is 13.0. The lowest BCUT2D eigenvalue weighted by Crippen LogP contribution is -2.67. The summed E-state index contributed by atoms with van der Waals surface area (Å²) in [6.45, 7) is 3.67. The zero-order valence-corrected chi connectivity index (χ0v) is 15.4. The highest BCUT2D eigenvalue weighted by Crippen LogP contribution is 2.36. The quantitative estimate of drug-likeness (QED) is 0.830. The van der Waals surface area contributed by atoms with Crippen LogP contribution in [0.25, 0.3) is 0 Å². The number of amides is 1. The topological polar surface area (TPSA) is 51.7 Å². The fourth-order valence-electron chi connectivity index (χ4n) is 3.83. The Balaban J connectivity index is 1.34. The molecule has 2 saturated heterocycles. The van der Waals surface area contributed by atoms with Crippen molar-refractivity contribution in [2.24, 2.45) is 0 Å². The van der Waals surface area contributed by atoms with Crippen LogP contribution in [0.5, 0.6) is 5.88 Å². The molecule has 2 fully saturated rings. The smallest absolute Gasteiger partial charge is 0.250 e. The summed E-state index contributed by atoms with van der Waals surface area (Å²) >= 11 is 0. The zero-order valence-electron chi connectivity index (χ0n) is 15.4. The Morgan fingerprint density at radius 3 is 2.93 bits per heavy atom. The van der Waals surface area contributed by atoms with Crippen LogP contribution in [0.15, 0.2) is 42.6 Å². The standard InChI is InChI=1S/C21H23FN2O3/c1-15-5-2-3-6-16(15)11-19(25)24-13-21(14-24)12-17(8-10-26-21)27-20-18(22)7-4-9-23-20/h2-7,9,17H,8,10-14H2,1H3/t17-/m0/s1. The summed E-state index contributed by atoms with van der Waals surface area (Å²) in [5.74, 6) is -0.314. The summed E-state index contributed by atoms with van der Waals surface area (Å²) in [7, 11) is 0. The van der Waals surface area contributed by atoms with Crippen LogP contribution in [-0.4, -0.2) is 47.2 Å². The van der Waals surface area contributed by atoms with Gasteiger partial charge >= 0.3 is 0 Å². The molecule has 0 saturated carbocycles. The van der Waals surface area contributed by atoms with Crippen LogP contribution in [0.3, 0.4) is 0 Å². The number of nitrogens with zero attached hydrogens (tertiary/aromatic N) is 2. The molecular weight excluding hydrogens is 347 g/mol. The highest BCUT2D eigenvalue weighted by Gasteiger charge is 2.49. The van der Waals surface area contributed by atoms with E-state index >= 15 is 0 Å². The van der Waals surface area contributed by atoms with Crippen molar-refractivity contribution in [2.45, 2.75) is 37.9 Å². The number of rotatable bonds is 4. The number of likely N-dealkylation sites (tertiary alicyclic amines) is 1. The Kier molecular flexibility index (Phi) is 4.83. The van der Waals surface area contributed by atoms with Gasteiger partial charge in [-0.3, -0.25) is 4.79 Å². The molecule has 1 aromatic heterocycles. The summed E-state index contributed by atoms with van der Waals surface area (Å²) in [5.41, 5.74) is 1.80. The Morgan fingerprint density at radius 1 is 1.33 bits per heavy atom. The SMILES string of the molecule is Cc1ccccc1CC(=O)N1CC2(C[C@@H](Oc3ncccc3F)CCO2)C1. The van der Waals surface area contributed by atoms with Crippen molar-refractivity contribution in [3.63, 3.8) is 0 Å². The third-order valence-corrected chi connectivity index (χ3v) is 5.36. The Bertz CT molecular complexity index is 836. The third kappa shape index (κ3) is 3.81. The molecule has 0 N–H and O–H groups in total. The molecule has 2 aromatic rings. The maximum absolute atomic E-state index is 13.8. The molecule has 4 rings (SSSR count). The molecule has 1 spiro atoms. The second-order valence-electron chi connectivity index (χ2n) is 7.41. The number of pyridine rings is 1. The molecule has 2 aliphatic rings. The van der Waals surface area contributed by atoms with Crippen molar-refractivity contribution in [1.82, 2.24) is 9.88 Å². The van der Waals surface area contributed by atoms with E-state index in [0.717, 1.165) is 11.1 Å². The third-order valence-electron chi connectivity index (χ3n) is 5.36. The second kappa shape index (κ2) is 7.27. The van der Waals surface area contributed by atoms with Crippen molar-refractivity contribution in [3.05, 3.63) is 59.5 Å². The lowest BCUT2D eigenvalue weighted by molar-refractivity contribution is -0.193. The van der Waals surface area contributed by atoms with E-state index in [1.807, 2.05) is 36.1 Å². The predicted molar refractivity (Wildman–Crippen MR) is 98.0 cm³/mol. The Labute approximate surface area is 158 Å². The van der Waals surface area contributed by atoms with Gasteiger partial charge in [-0.2, -0.15) is 0 Å². The number of hydrogen-bond donors (Lipinski definition) is 0. The summed E-state index contributed by atoms with van der Waals surface area (Å²) in [5, 5.41) is 0. The van der Waals surface area contributed by atoms with E-state index in [4.69, 9.17) is 9.47 Å². The minimum atomic E-state index is -0.457. The summed E-state index contributed by atoms with van der Waals surface area (Å²) in [6, 6.07) is 10.8. The van der Waals surface area contributed by atoms with Gasteiger partial charge in [0.05, 0.1) is 26.1 Å². The van der Waals surface area contributed by atoms with E-state index in [-0.39, 0.29) is 23.5 Å². The highest BCUT2D eigenvalue weighted by atomic mass is 19.1. The van der Waals surface area contributed by atoms with Gasteiger partial charge in [-0.05, 0) is 30.2 Å². The van der Waals surface area contributed by atoms with Crippen LogP contribution in [-0.2, 0) is 16.0 Å². The zero-order chi connectivity index (χ0) is 18.9. The van der Waals surface area contributed by atoms with Crippen LogP contribution < -0.4 is 4.74 Å². The van der Waals surface area contributed by atoms with Crippen molar-refractivity contribution >= 4 is 5.91 Å². The van der Waals surface area contributed by atoms with Crippen molar-refractivity contribution in [1.29, 1.82) is 0 Å². The van der Waals surface area contributed by atoms with Crippen LogP contribution >= 0.6 is 0 Å². The van der Waals surface area contributed by atoms with Gasteiger partial charge in [0.15, 0.2) is 5.82 Å². The largest absolute Gasteiger partial charge is 0.472 e. The molecule has 5 nitrogen and oxygen atoms in total.